The fraction of sp³-hybridized carbons (Fsp3) is 0.429. The maximum atomic E-state index is 12.0. The monoisotopic (exact) mass is 261 g/mol. The number of amides is 1. The van der Waals surface area contributed by atoms with Crippen LogP contribution in [0.4, 0.5) is 5.82 Å². The Morgan fingerprint density at radius 3 is 2.79 bits per heavy atom. The molecule has 2 aromatic heterocycles. The summed E-state index contributed by atoms with van der Waals surface area (Å²) in [5.41, 5.74) is 0.890. The first-order chi connectivity index (χ1) is 9.15. The highest BCUT2D eigenvalue weighted by molar-refractivity contribution is 6.01. The second kappa shape index (κ2) is 5.73. The third-order valence-electron chi connectivity index (χ3n) is 3.13. The molecule has 2 rings (SSSR count). The standard InChI is InChI=1S/C14H19N3O2/c1-4-11(5-2)17-13(9-10(3)16-17)15-14(18)12-7-6-8-19-12/h6-9,11H,4-5H2,1-3H3,(H,15,18). The zero-order valence-corrected chi connectivity index (χ0v) is 11.5. The Kier molecular flexibility index (Phi) is 4.04. The number of nitrogens with zero attached hydrogens (tertiary/aromatic N) is 2. The first kappa shape index (κ1) is 13.4. The Balaban J connectivity index is 2.22. The molecular weight excluding hydrogens is 242 g/mol. The zero-order valence-electron chi connectivity index (χ0n) is 11.5. The summed E-state index contributed by atoms with van der Waals surface area (Å²) in [6, 6.07) is 5.50. The van der Waals surface area contributed by atoms with Crippen LogP contribution >= 0.6 is 0 Å². The average molecular weight is 261 g/mol. The molecule has 0 radical (unpaired) electrons. The summed E-state index contributed by atoms with van der Waals surface area (Å²) in [6.45, 7) is 6.15. The lowest BCUT2D eigenvalue weighted by Gasteiger charge is -2.16. The number of hydrogen-bond acceptors (Lipinski definition) is 3. The molecule has 0 aliphatic heterocycles. The van der Waals surface area contributed by atoms with Crippen LogP contribution in [0, 0.1) is 6.92 Å². The Morgan fingerprint density at radius 2 is 2.21 bits per heavy atom. The van der Waals surface area contributed by atoms with Crippen molar-refractivity contribution in [2.45, 2.75) is 39.7 Å². The van der Waals surface area contributed by atoms with Crippen molar-refractivity contribution in [3.8, 4) is 0 Å². The van der Waals surface area contributed by atoms with Crippen LogP contribution in [-0.4, -0.2) is 15.7 Å². The molecule has 102 valence electrons. The maximum Gasteiger partial charge on any atom is 0.292 e. The molecule has 0 atom stereocenters. The van der Waals surface area contributed by atoms with Crippen LogP contribution in [0.25, 0.3) is 0 Å². The van der Waals surface area contributed by atoms with Gasteiger partial charge >= 0.3 is 0 Å². The lowest BCUT2D eigenvalue weighted by atomic mass is 10.2. The van der Waals surface area contributed by atoms with Gasteiger partial charge in [-0.2, -0.15) is 5.10 Å². The van der Waals surface area contributed by atoms with Crippen LogP contribution < -0.4 is 5.32 Å². The van der Waals surface area contributed by atoms with E-state index in [1.807, 2.05) is 17.7 Å². The van der Waals surface area contributed by atoms with Crippen LogP contribution in [0.2, 0.25) is 0 Å². The van der Waals surface area contributed by atoms with Gasteiger partial charge in [0.2, 0.25) is 0 Å². The van der Waals surface area contributed by atoms with E-state index in [-0.39, 0.29) is 5.91 Å². The van der Waals surface area contributed by atoms with E-state index in [1.54, 1.807) is 12.1 Å². The number of aryl methyl sites for hydroxylation is 1. The Bertz CT molecular complexity index is 539. The van der Waals surface area contributed by atoms with Gasteiger partial charge in [0.1, 0.15) is 5.82 Å². The molecule has 0 bridgehead atoms. The van der Waals surface area contributed by atoms with Gasteiger partial charge in [-0.25, -0.2) is 4.68 Å². The van der Waals surface area contributed by atoms with Crippen molar-refractivity contribution < 1.29 is 9.21 Å². The summed E-state index contributed by atoms with van der Waals surface area (Å²) in [7, 11) is 0. The fourth-order valence-electron chi connectivity index (χ4n) is 2.11. The molecule has 2 aromatic rings. The van der Waals surface area contributed by atoms with Crippen LogP contribution in [0.3, 0.4) is 0 Å². The zero-order chi connectivity index (χ0) is 13.8. The number of furan rings is 1. The Labute approximate surface area is 112 Å². The Morgan fingerprint density at radius 1 is 1.47 bits per heavy atom. The third kappa shape index (κ3) is 2.86. The van der Waals surface area contributed by atoms with E-state index < -0.39 is 0 Å². The number of nitrogens with one attached hydrogen (secondary N) is 1. The van der Waals surface area contributed by atoms with Crippen molar-refractivity contribution in [2.75, 3.05) is 5.32 Å². The SMILES string of the molecule is CCC(CC)n1nc(C)cc1NC(=O)c1ccco1. The molecule has 0 fully saturated rings. The summed E-state index contributed by atoms with van der Waals surface area (Å²) in [4.78, 5) is 12.0. The number of anilines is 1. The summed E-state index contributed by atoms with van der Waals surface area (Å²) in [6.07, 6.45) is 3.43. The van der Waals surface area contributed by atoms with Gasteiger partial charge in [-0.1, -0.05) is 13.8 Å². The molecule has 1 amide bonds. The van der Waals surface area contributed by atoms with Gasteiger partial charge in [-0.3, -0.25) is 4.79 Å². The van der Waals surface area contributed by atoms with E-state index in [0.717, 1.165) is 18.5 Å². The van der Waals surface area contributed by atoms with Gasteiger partial charge in [0, 0.05) is 6.07 Å². The normalized spacial score (nSPS) is 10.9. The molecule has 5 heteroatoms. The predicted octanol–water partition coefficient (Wildman–Crippen LogP) is 3.40. The highest BCUT2D eigenvalue weighted by Gasteiger charge is 2.16. The summed E-state index contributed by atoms with van der Waals surface area (Å²) in [5.74, 6) is 0.764. The van der Waals surface area contributed by atoms with Crippen molar-refractivity contribution in [3.05, 3.63) is 35.9 Å². The van der Waals surface area contributed by atoms with Crippen LogP contribution in [0.1, 0.15) is 49.0 Å². The van der Waals surface area contributed by atoms with Crippen molar-refractivity contribution in [1.82, 2.24) is 9.78 Å². The molecule has 19 heavy (non-hydrogen) atoms. The van der Waals surface area contributed by atoms with Gasteiger partial charge in [0.05, 0.1) is 18.0 Å². The molecular formula is C14H19N3O2. The summed E-state index contributed by atoms with van der Waals surface area (Å²) >= 11 is 0. The van der Waals surface area contributed by atoms with Crippen LogP contribution in [0.5, 0.6) is 0 Å². The fourth-order valence-corrected chi connectivity index (χ4v) is 2.11. The first-order valence-electron chi connectivity index (χ1n) is 6.56. The molecule has 0 saturated heterocycles. The van der Waals surface area contributed by atoms with Crippen molar-refractivity contribution >= 4 is 11.7 Å². The quantitative estimate of drug-likeness (QED) is 0.897. The third-order valence-corrected chi connectivity index (χ3v) is 3.13. The first-order valence-corrected chi connectivity index (χ1v) is 6.56. The molecule has 0 aliphatic carbocycles. The van der Waals surface area contributed by atoms with E-state index in [1.165, 1.54) is 6.26 Å². The minimum absolute atomic E-state index is 0.253. The van der Waals surface area contributed by atoms with E-state index in [9.17, 15) is 4.79 Å². The Hall–Kier alpha value is -2.04. The molecule has 5 nitrogen and oxygen atoms in total. The van der Waals surface area contributed by atoms with Gasteiger partial charge in [0.25, 0.3) is 5.91 Å². The lowest BCUT2D eigenvalue weighted by molar-refractivity contribution is 0.0995. The molecule has 0 saturated carbocycles. The lowest BCUT2D eigenvalue weighted by Crippen LogP contribution is -2.18. The topological polar surface area (TPSA) is 60.1 Å². The summed E-state index contributed by atoms with van der Waals surface area (Å²) < 4.78 is 6.97. The number of rotatable bonds is 5. The highest BCUT2D eigenvalue weighted by Crippen LogP contribution is 2.22. The second-order valence-corrected chi connectivity index (χ2v) is 4.52. The number of carbonyl (C=O) groups excluding carboxylic acids is 1. The van der Waals surface area contributed by atoms with Crippen molar-refractivity contribution in [1.29, 1.82) is 0 Å². The molecule has 0 spiro atoms. The maximum absolute atomic E-state index is 12.0. The van der Waals surface area contributed by atoms with E-state index >= 15 is 0 Å². The van der Waals surface area contributed by atoms with E-state index in [0.29, 0.717) is 17.6 Å². The van der Waals surface area contributed by atoms with Gasteiger partial charge in [0.15, 0.2) is 5.76 Å². The smallest absolute Gasteiger partial charge is 0.292 e. The van der Waals surface area contributed by atoms with Crippen molar-refractivity contribution in [3.63, 3.8) is 0 Å². The molecule has 2 heterocycles. The second-order valence-electron chi connectivity index (χ2n) is 4.52. The average Bonchev–Trinajstić information content (AvgIpc) is 3.01. The van der Waals surface area contributed by atoms with Gasteiger partial charge in [-0.15, -0.1) is 0 Å². The predicted molar refractivity (Wildman–Crippen MR) is 73.2 cm³/mol. The minimum Gasteiger partial charge on any atom is -0.459 e. The van der Waals surface area contributed by atoms with Gasteiger partial charge in [-0.05, 0) is 31.9 Å². The van der Waals surface area contributed by atoms with E-state index in [2.05, 4.69) is 24.3 Å². The van der Waals surface area contributed by atoms with Gasteiger partial charge < -0.3 is 9.73 Å². The van der Waals surface area contributed by atoms with Crippen LogP contribution in [0.15, 0.2) is 28.9 Å². The molecule has 0 aliphatic rings. The van der Waals surface area contributed by atoms with Crippen molar-refractivity contribution in [2.24, 2.45) is 0 Å². The number of aromatic nitrogens is 2. The highest BCUT2D eigenvalue weighted by atomic mass is 16.3. The van der Waals surface area contributed by atoms with E-state index in [4.69, 9.17) is 4.42 Å². The molecule has 0 aromatic carbocycles. The van der Waals surface area contributed by atoms with Crippen LogP contribution in [-0.2, 0) is 0 Å². The molecule has 0 unspecified atom stereocenters. The molecule has 1 N–H and O–H groups in total. The summed E-state index contributed by atoms with van der Waals surface area (Å²) in [5, 5.41) is 7.31. The number of hydrogen-bond donors (Lipinski definition) is 1. The number of carbonyl (C=O) groups is 1. The largest absolute Gasteiger partial charge is 0.459 e. The minimum atomic E-state index is -0.253.